The predicted octanol–water partition coefficient (Wildman–Crippen LogP) is 3.43. The summed E-state index contributed by atoms with van der Waals surface area (Å²) >= 11 is 0. The van der Waals surface area contributed by atoms with Gasteiger partial charge in [0.25, 0.3) is 0 Å². The second-order valence-corrected chi connectivity index (χ2v) is 5.15. The molecule has 2 aromatic rings. The van der Waals surface area contributed by atoms with Crippen molar-refractivity contribution in [2.24, 2.45) is 0 Å². The van der Waals surface area contributed by atoms with Crippen LogP contribution in [0.5, 0.6) is 5.75 Å². The SMILES string of the molecule is CCOc1ccccc1-c1nc(CC)n(C2CC2)c1N. The highest BCUT2D eigenvalue weighted by Crippen LogP contribution is 2.42. The molecule has 4 heteroatoms. The van der Waals surface area contributed by atoms with E-state index in [-0.39, 0.29) is 0 Å². The lowest BCUT2D eigenvalue weighted by atomic mass is 10.1. The molecule has 1 fully saturated rings. The maximum atomic E-state index is 6.36. The van der Waals surface area contributed by atoms with Gasteiger partial charge in [-0.1, -0.05) is 19.1 Å². The molecule has 1 heterocycles. The Morgan fingerprint density at radius 1 is 1.30 bits per heavy atom. The van der Waals surface area contributed by atoms with Gasteiger partial charge in [0.2, 0.25) is 0 Å². The number of para-hydroxylation sites is 1. The van der Waals surface area contributed by atoms with E-state index >= 15 is 0 Å². The van der Waals surface area contributed by atoms with Crippen LogP contribution in [-0.2, 0) is 6.42 Å². The minimum Gasteiger partial charge on any atom is -0.493 e. The number of nitrogens with zero attached hydrogens (tertiary/aromatic N) is 2. The van der Waals surface area contributed by atoms with Gasteiger partial charge in [0.1, 0.15) is 23.1 Å². The molecule has 3 rings (SSSR count). The van der Waals surface area contributed by atoms with Gasteiger partial charge in [-0.15, -0.1) is 0 Å². The molecule has 1 saturated carbocycles. The van der Waals surface area contributed by atoms with E-state index in [9.17, 15) is 0 Å². The van der Waals surface area contributed by atoms with E-state index in [2.05, 4.69) is 11.5 Å². The number of nitrogens with two attached hydrogens (primary N) is 1. The summed E-state index contributed by atoms with van der Waals surface area (Å²) in [6.07, 6.45) is 3.32. The minimum atomic E-state index is 0.547. The first-order valence-electron chi connectivity index (χ1n) is 7.35. The van der Waals surface area contributed by atoms with Gasteiger partial charge in [0.05, 0.1) is 6.61 Å². The average molecular weight is 271 g/mol. The molecule has 1 aromatic heterocycles. The zero-order chi connectivity index (χ0) is 14.1. The van der Waals surface area contributed by atoms with E-state index in [1.54, 1.807) is 0 Å². The summed E-state index contributed by atoms with van der Waals surface area (Å²) in [5.41, 5.74) is 8.21. The Hall–Kier alpha value is -1.97. The molecule has 0 spiro atoms. The van der Waals surface area contributed by atoms with Crippen molar-refractivity contribution >= 4 is 5.82 Å². The van der Waals surface area contributed by atoms with Crippen LogP contribution < -0.4 is 10.5 Å². The third-order valence-electron chi connectivity index (χ3n) is 3.69. The van der Waals surface area contributed by atoms with Crippen LogP contribution in [0.3, 0.4) is 0 Å². The summed E-state index contributed by atoms with van der Waals surface area (Å²) in [4.78, 5) is 4.76. The maximum Gasteiger partial charge on any atom is 0.132 e. The van der Waals surface area contributed by atoms with E-state index in [4.69, 9.17) is 15.5 Å². The second-order valence-electron chi connectivity index (χ2n) is 5.15. The first-order chi connectivity index (χ1) is 9.76. The summed E-state index contributed by atoms with van der Waals surface area (Å²) in [7, 11) is 0. The van der Waals surface area contributed by atoms with Crippen molar-refractivity contribution in [3.8, 4) is 17.0 Å². The van der Waals surface area contributed by atoms with Gasteiger partial charge in [-0.3, -0.25) is 0 Å². The maximum absolute atomic E-state index is 6.36. The fourth-order valence-corrected chi connectivity index (χ4v) is 2.62. The van der Waals surface area contributed by atoms with Crippen molar-refractivity contribution in [1.82, 2.24) is 9.55 Å². The number of aromatic nitrogens is 2. The van der Waals surface area contributed by atoms with Crippen molar-refractivity contribution in [3.05, 3.63) is 30.1 Å². The molecular formula is C16H21N3O. The number of hydrogen-bond donors (Lipinski definition) is 1. The molecule has 1 aliphatic carbocycles. The monoisotopic (exact) mass is 271 g/mol. The molecular weight excluding hydrogens is 250 g/mol. The lowest BCUT2D eigenvalue weighted by Gasteiger charge is -2.09. The molecule has 4 nitrogen and oxygen atoms in total. The Morgan fingerprint density at radius 2 is 2.05 bits per heavy atom. The smallest absolute Gasteiger partial charge is 0.132 e. The second kappa shape index (κ2) is 5.19. The first kappa shape index (κ1) is 13.0. The number of nitrogen functional groups attached to an aromatic ring is 1. The predicted molar refractivity (Wildman–Crippen MR) is 80.9 cm³/mol. The highest BCUT2D eigenvalue weighted by molar-refractivity contribution is 5.76. The van der Waals surface area contributed by atoms with E-state index in [0.29, 0.717) is 12.6 Å². The lowest BCUT2D eigenvalue weighted by molar-refractivity contribution is 0.341. The first-order valence-corrected chi connectivity index (χ1v) is 7.35. The number of rotatable bonds is 5. The van der Waals surface area contributed by atoms with E-state index < -0.39 is 0 Å². The third kappa shape index (κ3) is 2.15. The topological polar surface area (TPSA) is 53.1 Å². The molecule has 0 atom stereocenters. The molecule has 106 valence electrons. The van der Waals surface area contributed by atoms with Crippen LogP contribution in [0.1, 0.15) is 38.6 Å². The van der Waals surface area contributed by atoms with Gasteiger partial charge in [-0.25, -0.2) is 4.98 Å². The summed E-state index contributed by atoms with van der Waals surface area (Å²) in [6, 6.07) is 8.52. The van der Waals surface area contributed by atoms with Crippen LogP contribution in [0.4, 0.5) is 5.82 Å². The van der Waals surface area contributed by atoms with Crippen LogP contribution in [0.25, 0.3) is 11.3 Å². The fraction of sp³-hybridized carbons (Fsp3) is 0.438. The molecule has 1 aliphatic rings. The van der Waals surface area contributed by atoms with Crippen LogP contribution in [-0.4, -0.2) is 16.2 Å². The molecule has 2 N–H and O–H groups in total. The third-order valence-corrected chi connectivity index (χ3v) is 3.69. The summed E-state index contributed by atoms with van der Waals surface area (Å²) in [5, 5.41) is 0. The largest absolute Gasteiger partial charge is 0.493 e. The van der Waals surface area contributed by atoms with Gasteiger partial charge < -0.3 is 15.0 Å². The fourth-order valence-electron chi connectivity index (χ4n) is 2.62. The Bertz CT molecular complexity index is 614. The Labute approximate surface area is 119 Å². The van der Waals surface area contributed by atoms with E-state index in [0.717, 1.165) is 35.1 Å². The van der Waals surface area contributed by atoms with Crippen LogP contribution >= 0.6 is 0 Å². The number of aryl methyl sites for hydroxylation is 1. The summed E-state index contributed by atoms with van der Waals surface area (Å²) in [6.45, 7) is 4.75. The summed E-state index contributed by atoms with van der Waals surface area (Å²) in [5.74, 6) is 2.70. The molecule has 0 amide bonds. The molecule has 0 aliphatic heterocycles. The van der Waals surface area contributed by atoms with Crippen LogP contribution in [0.2, 0.25) is 0 Å². The minimum absolute atomic E-state index is 0.547. The molecule has 0 bridgehead atoms. The van der Waals surface area contributed by atoms with Crippen molar-refractivity contribution in [2.75, 3.05) is 12.3 Å². The normalized spacial score (nSPS) is 14.5. The van der Waals surface area contributed by atoms with Crippen molar-refractivity contribution in [3.63, 3.8) is 0 Å². The summed E-state index contributed by atoms with van der Waals surface area (Å²) < 4.78 is 7.91. The zero-order valence-electron chi connectivity index (χ0n) is 12.1. The molecule has 0 saturated heterocycles. The number of hydrogen-bond acceptors (Lipinski definition) is 3. The van der Waals surface area contributed by atoms with Gasteiger partial charge in [-0.05, 0) is 31.9 Å². The van der Waals surface area contributed by atoms with Crippen molar-refractivity contribution in [1.29, 1.82) is 0 Å². The van der Waals surface area contributed by atoms with Gasteiger partial charge in [0.15, 0.2) is 0 Å². The average Bonchev–Trinajstić information content (AvgIpc) is 3.24. The highest BCUT2D eigenvalue weighted by Gasteiger charge is 2.30. The van der Waals surface area contributed by atoms with Crippen molar-refractivity contribution < 1.29 is 4.74 Å². The van der Waals surface area contributed by atoms with E-state index in [1.807, 2.05) is 31.2 Å². The van der Waals surface area contributed by atoms with Crippen LogP contribution in [0.15, 0.2) is 24.3 Å². The van der Waals surface area contributed by atoms with Gasteiger partial charge >= 0.3 is 0 Å². The standard InChI is InChI=1S/C16H21N3O/c1-3-14-18-15(16(17)19(14)11-9-10-11)12-7-5-6-8-13(12)20-4-2/h5-8,11H,3-4,9-10,17H2,1-2H3. The van der Waals surface area contributed by atoms with E-state index in [1.165, 1.54) is 12.8 Å². The Morgan fingerprint density at radius 3 is 2.70 bits per heavy atom. The number of imidazole rings is 1. The molecule has 1 aromatic carbocycles. The molecule has 0 unspecified atom stereocenters. The van der Waals surface area contributed by atoms with Crippen LogP contribution in [0, 0.1) is 0 Å². The number of ether oxygens (including phenoxy) is 1. The Kier molecular flexibility index (Phi) is 3.38. The van der Waals surface area contributed by atoms with Gasteiger partial charge in [-0.2, -0.15) is 0 Å². The zero-order valence-corrected chi connectivity index (χ0v) is 12.1. The quantitative estimate of drug-likeness (QED) is 0.906. The number of benzene rings is 1. The highest BCUT2D eigenvalue weighted by atomic mass is 16.5. The molecule has 0 radical (unpaired) electrons. The Balaban J connectivity index is 2.10. The molecule has 20 heavy (non-hydrogen) atoms. The number of anilines is 1. The van der Waals surface area contributed by atoms with Crippen molar-refractivity contribution in [2.45, 2.75) is 39.2 Å². The lowest BCUT2D eigenvalue weighted by Crippen LogP contribution is -2.04. The van der Waals surface area contributed by atoms with Gasteiger partial charge in [0, 0.05) is 18.0 Å².